The number of carboxylic acid groups (broad SMARTS) is 1. The second-order valence-corrected chi connectivity index (χ2v) is 6.67. The zero-order valence-electron chi connectivity index (χ0n) is 10.5. The highest BCUT2D eigenvalue weighted by molar-refractivity contribution is 7.89. The van der Waals surface area contributed by atoms with E-state index in [4.69, 9.17) is 21.4 Å². The molecule has 1 aromatic carbocycles. The first kappa shape index (κ1) is 15.2. The molecule has 1 aliphatic heterocycles. The average Bonchev–Trinajstić information content (AvgIpc) is 2.86. The minimum atomic E-state index is -3.64. The summed E-state index contributed by atoms with van der Waals surface area (Å²) in [7, 11) is -3.64. The molecule has 1 heterocycles. The van der Waals surface area contributed by atoms with Gasteiger partial charge in [-0.15, -0.1) is 0 Å². The Morgan fingerprint density at radius 3 is 2.55 bits per heavy atom. The van der Waals surface area contributed by atoms with Gasteiger partial charge in [0.15, 0.2) is 6.10 Å². The molecule has 2 atom stereocenters. The highest BCUT2D eigenvalue weighted by atomic mass is 35.5. The van der Waals surface area contributed by atoms with Crippen LogP contribution >= 0.6 is 11.6 Å². The number of aliphatic carboxylic acids is 1. The molecule has 2 N–H and O–H groups in total. The molecule has 0 amide bonds. The minimum absolute atomic E-state index is 0.0503. The lowest BCUT2D eigenvalue weighted by molar-refractivity contribution is -0.149. The molecule has 20 heavy (non-hydrogen) atoms. The molecular formula is C12H14ClNO5S. The molecule has 1 saturated heterocycles. The standard InChI is InChI=1S/C12H14ClNO5S/c13-8-1-4-10(5-2-8)20(17,18)14-7-9-3-6-11(19-9)12(15)16/h1-2,4-5,9,11,14H,3,6-7H2,(H,15,16). The number of carbonyl (C=O) groups is 1. The van der Waals surface area contributed by atoms with E-state index < -0.39 is 28.2 Å². The molecule has 0 aromatic heterocycles. The van der Waals surface area contributed by atoms with Crippen molar-refractivity contribution in [1.29, 1.82) is 0 Å². The minimum Gasteiger partial charge on any atom is -0.479 e. The van der Waals surface area contributed by atoms with Gasteiger partial charge < -0.3 is 9.84 Å². The van der Waals surface area contributed by atoms with E-state index in [1.54, 1.807) is 0 Å². The highest BCUT2D eigenvalue weighted by Crippen LogP contribution is 2.20. The van der Waals surface area contributed by atoms with Crippen molar-refractivity contribution in [3.63, 3.8) is 0 Å². The predicted octanol–water partition coefficient (Wildman–Crippen LogP) is 1.25. The molecule has 110 valence electrons. The smallest absolute Gasteiger partial charge is 0.332 e. The third kappa shape index (κ3) is 3.69. The maximum atomic E-state index is 12.0. The van der Waals surface area contributed by atoms with Crippen molar-refractivity contribution in [2.24, 2.45) is 0 Å². The fourth-order valence-electron chi connectivity index (χ4n) is 1.94. The number of halogens is 1. The van der Waals surface area contributed by atoms with Gasteiger partial charge in [0.2, 0.25) is 10.0 Å². The first-order chi connectivity index (χ1) is 9.38. The number of nitrogens with one attached hydrogen (secondary N) is 1. The predicted molar refractivity (Wildman–Crippen MR) is 72.2 cm³/mol. The Morgan fingerprint density at radius 1 is 1.35 bits per heavy atom. The molecule has 2 unspecified atom stereocenters. The van der Waals surface area contributed by atoms with E-state index in [-0.39, 0.29) is 11.4 Å². The number of benzene rings is 1. The lowest BCUT2D eigenvalue weighted by Crippen LogP contribution is -2.33. The fraction of sp³-hybridized carbons (Fsp3) is 0.417. The molecule has 1 aromatic rings. The summed E-state index contributed by atoms with van der Waals surface area (Å²) in [5.74, 6) is -1.02. The fourth-order valence-corrected chi connectivity index (χ4v) is 3.13. The van der Waals surface area contributed by atoms with Crippen LogP contribution in [0.4, 0.5) is 0 Å². The SMILES string of the molecule is O=C(O)C1CCC(CNS(=O)(=O)c2ccc(Cl)cc2)O1. The molecule has 0 saturated carbocycles. The van der Waals surface area contributed by atoms with Crippen LogP contribution in [0.15, 0.2) is 29.2 Å². The Labute approximate surface area is 121 Å². The number of hydrogen-bond acceptors (Lipinski definition) is 4. The van der Waals surface area contributed by atoms with E-state index in [2.05, 4.69) is 4.72 Å². The van der Waals surface area contributed by atoms with Crippen molar-refractivity contribution in [3.8, 4) is 0 Å². The van der Waals surface area contributed by atoms with Gasteiger partial charge in [0.25, 0.3) is 0 Å². The topological polar surface area (TPSA) is 92.7 Å². The lowest BCUT2D eigenvalue weighted by Gasteiger charge is -2.12. The van der Waals surface area contributed by atoms with E-state index in [9.17, 15) is 13.2 Å². The molecule has 0 aliphatic carbocycles. The maximum absolute atomic E-state index is 12.0. The van der Waals surface area contributed by atoms with Crippen molar-refractivity contribution < 1.29 is 23.1 Å². The van der Waals surface area contributed by atoms with Gasteiger partial charge in [-0.3, -0.25) is 0 Å². The van der Waals surface area contributed by atoms with Gasteiger partial charge in [0.1, 0.15) is 0 Å². The molecule has 0 radical (unpaired) electrons. The van der Waals surface area contributed by atoms with Crippen LogP contribution in [-0.4, -0.2) is 38.2 Å². The number of carboxylic acids is 1. The summed E-state index contributed by atoms with van der Waals surface area (Å²) in [5.41, 5.74) is 0. The third-order valence-electron chi connectivity index (χ3n) is 3.01. The second-order valence-electron chi connectivity index (χ2n) is 4.47. The third-order valence-corrected chi connectivity index (χ3v) is 4.70. The van der Waals surface area contributed by atoms with Crippen molar-refractivity contribution >= 4 is 27.6 Å². The molecule has 1 aliphatic rings. The van der Waals surface area contributed by atoms with Crippen LogP contribution in [0.3, 0.4) is 0 Å². The van der Waals surface area contributed by atoms with Crippen LogP contribution in [0.25, 0.3) is 0 Å². The number of ether oxygens (including phenoxy) is 1. The van der Waals surface area contributed by atoms with Crippen LogP contribution in [0.2, 0.25) is 5.02 Å². The summed E-state index contributed by atoms with van der Waals surface area (Å²) in [4.78, 5) is 10.8. The van der Waals surface area contributed by atoms with Crippen molar-refractivity contribution in [2.75, 3.05) is 6.54 Å². The summed E-state index contributed by atoms with van der Waals surface area (Å²) >= 11 is 5.70. The van der Waals surface area contributed by atoms with Crippen molar-refractivity contribution in [1.82, 2.24) is 4.72 Å². The van der Waals surface area contributed by atoms with Crippen LogP contribution in [0.1, 0.15) is 12.8 Å². The molecule has 0 bridgehead atoms. The van der Waals surface area contributed by atoms with Gasteiger partial charge in [-0.25, -0.2) is 17.9 Å². The molecular weight excluding hydrogens is 306 g/mol. The number of hydrogen-bond donors (Lipinski definition) is 2. The Morgan fingerprint density at radius 2 is 2.00 bits per heavy atom. The quantitative estimate of drug-likeness (QED) is 0.852. The van der Waals surface area contributed by atoms with Crippen molar-refractivity contribution in [3.05, 3.63) is 29.3 Å². The van der Waals surface area contributed by atoms with Crippen LogP contribution < -0.4 is 4.72 Å². The zero-order chi connectivity index (χ0) is 14.8. The van der Waals surface area contributed by atoms with E-state index >= 15 is 0 Å². The van der Waals surface area contributed by atoms with Crippen LogP contribution in [0, 0.1) is 0 Å². The lowest BCUT2D eigenvalue weighted by atomic mass is 10.2. The van der Waals surface area contributed by atoms with E-state index in [0.717, 1.165) is 0 Å². The Balaban J connectivity index is 1.93. The molecule has 8 heteroatoms. The normalized spacial score (nSPS) is 22.9. The zero-order valence-corrected chi connectivity index (χ0v) is 12.0. The summed E-state index contributed by atoms with van der Waals surface area (Å²) in [6.45, 7) is 0.0503. The van der Waals surface area contributed by atoms with Crippen LogP contribution in [0.5, 0.6) is 0 Å². The maximum Gasteiger partial charge on any atom is 0.332 e. The average molecular weight is 320 g/mol. The second kappa shape index (κ2) is 6.09. The van der Waals surface area contributed by atoms with Gasteiger partial charge in [-0.2, -0.15) is 0 Å². The number of sulfonamides is 1. The Hall–Kier alpha value is -1.15. The summed E-state index contributed by atoms with van der Waals surface area (Å²) in [6.07, 6.45) is -0.360. The molecule has 0 spiro atoms. The van der Waals surface area contributed by atoms with E-state index in [1.165, 1.54) is 24.3 Å². The van der Waals surface area contributed by atoms with Gasteiger partial charge >= 0.3 is 5.97 Å². The van der Waals surface area contributed by atoms with Gasteiger partial charge in [-0.05, 0) is 37.1 Å². The Kier molecular flexibility index (Phi) is 4.64. The van der Waals surface area contributed by atoms with Gasteiger partial charge in [-0.1, -0.05) is 11.6 Å². The largest absolute Gasteiger partial charge is 0.479 e. The summed E-state index contributed by atoms with van der Waals surface area (Å²) in [5, 5.41) is 9.24. The number of rotatable bonds is 5. The van der Waals surface area contributed by atoms with E-state index in [1.807, 2.05) is 0 Å². The van der Waals surface area contributed by atoms with E-state index in [0.29, 0.717) is 17.9 Å². The summed E-state index contributed by atoms with van der Waals surface area (Å²) in [6, 6.07) is 5.78. The first-order valence-electron chi connectivity index (χ1n) is 6.02. The monoisotopic (exact) mass is 319 g/mol. The molecule has 2 rings (SSSR count). The Bertz CT molecular complexity index is 586. The highest BCUT2D eigenvalue weighted by Gasteiger charge is 2.31. The van der Waals surface area contributed by atoms with Gasteiger partial charge in [0.05, 0.1) is 11.0 Å². The van der Waals surface area contributed by atoms with Crippen LogP contribution in [-0.2, 0) is 19.6 Å². The van der Waals surface area contributed by atoms with Crippen molar-refractivity contribution in [2.45, 2.75) is 29.9 Å². The summed E-state index contributed by atoms with van der Waals surface area (Å²) < 4.78 is 31.6. The molecule has 6 nitrogen and oxygen atoms in total. The van der Waals surface area contributed by atoms with Gasteiger partial charge in [0, 0.05) is 11.6 Å². The first-order valence-corrected chi connectivity index (χ1v) is 7.88. The molecule has 1 fully saturated rings.